The topological polar surface area (TPSA) is 82.2 Å². The lowest BCUT2D eigenvalue weighted by Gasteiger charge is -2.42. The van der Waals surface area contributed by atoms with Crippen LogP contribution >= 0.6 is 0 Å². The first-order valence-electron chi connectivity index (χ1n) is 12.9. The summed E-state index contributed by atoms with van der Waals surface area (Å²) in [5.41, 5.74) is 1.71. The molecule has 0 amide bonds. The van der Waals surface area contributed by atoms with Crippen molar-refractivity contribution in [3.05, 3.63) is 92.1 Å². The molecule has 8 nitrogen and oxygen atoms in total. The summed E-state index contributed by atoms with van der Waals surface area (Å²) in [5, 5.41) is 10.5. The summed E-state index contributed by atoms with van der Waals surface area (Å²) in [6.07, 6.45) is 1.06. The van der Waals surface area contributed by atoms with Crippen LogP contribution in [0.1, 0.15) is 29.6 Å². The number of piperazine rings is 1. The van der Waals surface area contributed by atoms with Crippen LogP contribution in [0.5, 0.6) is 5.75 Å². The Morgan fingerprint density at radius 2 is 1.70 bits per heavy atom. The van der Waals surface area contributed by atoms with E-state index in [4.69, 9.17) is 4.42 Å². The fraction of sp³-hybridized carbons (Fsp3) is 0.429. The molecule has 37 heavy (non-hydrogen) atoms. The predicted molar refractivity (Wildman–Crippen MR) is 137 cm³/mol. The molecule has 194 valence electrons. The van der Waals surface area contributed by atoms with Gasteiger partial charge in [0.05, 0.1) is 13.1 Å². The highest BCUT2D eigenvalue weighted by Crippen LogP contribution is 2.35. The molecule has 5 heterocycles. The summed E-state index contributed by atoms with van der Waals surface area (Å²) in [4.78, 5) is 31.5. The summed E-state index contributed by atoms with van der Waals surface area (Å²) in [7, 11) is 0. The van der Waals surface area contributed by atoms with Gasteiger partial charge in [0.2, 0.25) is 11.2 Å². The molecule has 2 fully saturated rings. The molecular weight excluding hydrogens is 475 g/mol. The standard InChI is InChI=1S/C28H31FN4O4/c29-21-4-6-22(7-5-21)32-10-8-30(9-11-32)18-26-28(36)25(34)13-23(37-26)17-31-14-19-12-20(16-31)24-2-1-3-27(35)33(24)15-19/h1-7,13,19-20,36H,8-12,14-18H2/t19-,20+/m1/s1. The number of nitrogens with zero attached hydrogens (tertiary/aromatic N) is 4. The van der Waals surface area contributed by atoms with E-state index in [1.54, 1.807) is 18.2 Å². The molecule has 1 N–H and O–H groups in total. The third kappa shape index (κ3) is 4.93. The Morgan fingerprint density at radius 3 is 2.49 bits per heavy atom. The first-order valence-corrected chi connectivity index (χ1v) is 12.9. The fourth-order valence-electron chi connectivity index (χ4n) is 6.14. The van der Waals surface area contributed by atoms with Crippen molar-refractivity contribution in [2.24, 2.45) is 5.92 Å². The van der Waals surface area contributed by atoms with E-state index in [0.717, 1.165) is 63.6 Å². The fourth-order valence-corrected chi connectivity index (χ4v) is 6.14. The molecule has 2 aromatic heterocycles. The summed E-state index contributed by atoms with van der Waals surface area (Å²) >= 11 is 0. The SMILES string of the molecule is O=c1cc(CN2C[C@H]3C[C@@H](C2)c2cccc(=O)n2C3)oc(CN2CCN(c3ccc(F)cc3)CC2)c1O. The molecule has 0 unspecified atom stereocenters. The zero-order valence-corrected chi connectivity index (χ0v) is 20.7. The maximum absolute atomic E-state index is 13.2. The highest BCUT2D eigenvalue weighted by Gasteiger charge is 2.34. The zero-order valence-electron chi connectivity index (χ0n) is 20.7. The maximum Gasteiger partial charge on any atom is 0.250 e. The van der Waals surface area contributed by atoms with E-state index in [1.807, 2.05) is 16.7 Å². The lowest BCUT2D eigenvalue weighted by Crippen LogP contribution is -2.46. The van der Waals surface area contributed by atoms with Gasteiger partial charge in [-0.05, 0) is 42.7 Å². The smallest absolute Gasteiger partial charge is 0.250 e. The number of pyridine rings is 1. The molecule has 0 spiro atoms. The van der Waals surface area contributed by atoms with Crippen LogP contribution in [0.2, 0.25) is 0 Å². The molecule has 0 radical (unpaired) electrons. The number of likely N-dealkylation sites (tertiary alicyclic amines) is 1. The molecule has 1 aromatic carbocycles. The highest BCUT2D eigenvalue weighted by atomic mass is 19.1. The van der Waals surface area contributed by atoms with Crippen molar-refractivity contribution in [1.29, 1.82) is 0 Å². The largest absolute Gasteiger partial charge is 0.502 e. The average Bonchev–Trinajstić information content (AvgIpc) is 2.89. The van der Waals surface area contributed by atoms with Crippen LogP contribution in [-0.4, -0.2) is 58.7 Å². The van der Waals surface area contributed by atoms with Crippen molar-refractivity contribution in [2.45, 2.75) is 32.0 Å². The molecule has 3 aliphatic rings. The van der Waals surface area contributed by atoms with E-state index in [1.165, 1.54) is 18.2 Å². The van der Waals surface area contributed by atoms with Gasteiger partial charge in [-0.25, -0.2) is 4.39 Å². The number of anilines is 1. The van der Waals surface area contributed by atoms with E-state index in [0.29, 0.717) is 30.5 Å². The number of piperidine rings is 1. The number of hydrogen-bond acceptors (Lipinski definition) is 7. The average molecular weight is 507 g/mol. The second-order valence-corrected chi connectivity index (χ2v) is 10.5. The molecule has 9 heteroatoms. The van der Waals surface area contributed by atoms with Crippen molar-refractivity contribution in [3.8, 4) is 5.75 Å². The molecule has 2 atom stereocenters. The number of aromatic hydroxyl groups is 1. The van der Waals surface area contributed by atoms with Crippen LogP contribution in [0.4, 0.5) is 10.1 Å². The molecular formula is C28H31FN4O4. The number of benzene rings is 1. The van der Waals surface area contributed by atoms with Gasteiger partial charge in [0.15, 0.2) is 5.76 Å². The summed E-state index contributed by atoms with van der Waals surface area (Å²) in [6, 6.07) is 13.4. The Balaban J connectivity index is 1.12. The second kappa shape index (κ2) is 9.79. The lowest BCUT2D eigenvalue weighted by molar-refractivity contribution is 0.105. The van der Waals surface area contributed by atoms with Crippen molar-refractivity contribution in [3.63, 3.8) is 0 Å². The minimum atomic E-state index is -0.421. The number of hydrogen-bond donors (Lipinski definition) is 1. The van der Waals surface area contributed by atoms with Gasteiger partial charge in [0, 0.05) is 75.2 Å². The number of fused-ring (bicyclic) bond motifs is 4. The van der Waals surface area contributed by atoms with Crippen LogP contribution in [-0.2, 0) is 19.6 Å². The first-order chi connectivity index (χ1) is 17.9. The van der Waals surface area contributed by atoms with Gasteiger partial charge in [-0.3, -0.25) is 19.4 Å². The Hall–Kier alpha value is -3.43. The van der Waals surface area contributed by atoms with Crippen LogP contribution < -0.4 is 15.9 Å². The normalized spacial score (nSPS) is 22.1. The Morgan fingerprint density at radius 1 is 0.919 bits per heavy atom. The third-order valence-corrected chi connectivity index (χ3v) is 7.91. The summed E-state index contributed by atoms with van der Waals surface area (Å²) in [5.74, 6) is 0.934. The Labute approximate surface area is 214 Å². The summed E-state index contributed by atoms with van der Waals surface area (Å²) in [6.45, 7) is 6.19. The maximum atomic E-state index is 13.2. The zero-order chi connectivity index (χ0) is 25.5. The minimum Gasteiger partial charge on any atom is -0.502 e. The molecule has 3 aliphatic heterocycles. The van der Waals surface area contributed by atoms with E-state index >= 15 is 0 Å². The molecule has 0 saturated carbocycles. The van der Waals surface area contributed by atoms with Gasteiger partial charge < -0.3 is 19.0 Å². The molecule has 0 aliphatic carbocycles. The number of rotatable bonds is 5. The lowest BCUT2D eigenvalue weighted by atomic mass is 9.83. The second-order valence-electron chi connectivity index (χ2n) is 10.5. The Bertz CT molecular complexity index is 1390. The predicted octanol–water partition coefficient (Wildman–Crippen LogP) is 2.59. The van der Waals surface area contributed by atoms with Gasteiger partial charge in [0.1, 0.15) is 11.6 Å². The van der Waals surface area contributed by atoms with E-state index in [2.05, 4.69) is 14.7 Å². The van der Waals surface area contributed by atoms with E-state index in [9.17, 15) is 19.1 Å². The molecule has 2 bridgehead atoms. The summed E-state index contributed by atoms with van der Waals surface area (Å²) < 4.78 is 21.2. The van der Waals surface area contributed by atoms with Crippen molar-refractivity contribution in [2.75, 3.05) is 44.2 Å². The highest BCUT2D eigenvalue weighted by molar-refractivity contribution is 5.46. The van der Waals surface area contributed by atoms with Crippen molar-refractivity contribution < 1.29 is 13.9 Å². The number of halogens is 1. The van der Waals surface area contributed by atoms with Crippen molar-refractivity contribution in [1.82, 2.24) is 14.4 Å². The number of aromatic nitrogens is 1. The molecule has 2 saturated heterocycles. The van der Waals surface area contributed by atoms with Gasteiger partial charge in [-0.2, -0.15) is 0 Å². The van der Waals surface area contributed by atoms with E-state index < -0.39 is 5.43 Å². The van der Waals surface area contributed by atoms with Gasteiger partial charge in [-0.1, -0.05) is 6.07 Å². The van der Waals surface area contributed by atoms with Gasteiger partial charge in [-0.15, -0.1) is 0 Å². The minimum absolute atomic E-state index is 0.0633. The first kappa shape index (κ1) is 23.9. The monoisotopic (exact) mass is 506 g/mol. The van der Waals surface area contributed by atoms with Gasteiger partial charge >= 0.3 is 0 Å². The van der Waals surface area contributed by atoms with Crippen LogP contribution in [0.25, 0.3) is 0 Å². The van der Waals surface area contributed by atoms with Crippen molar-refractivity contribution >= 4 is 5.69 Å². The molecule has 3 aromatic rings. The van der Waals surface area contributed by atoms with Crippen LogP contribution in [0.15, 0.2) is 62.5 Å². The quantitative estimate of drug-likeness (QED) is 0.570. The Kier molecular flexibility index (Phi) is 6.34. The van der Waals surface area contributed by atoms with Gasteiger partial charge in [0.25, 0.3) is 5.56 Å². The van der Waals surface area contributed by atoms with Crippen LogP contribution in [0.3, 0.4) is 0 Å². The van der Waals surface area contributed by atoms with Crippen LogP contribution in [0, 0.1) is 11.7 Å². The van der Waals surface area contributed by atoms with E-state index in [-0.39, 0.29) is 23.0 Å². The molecule has 6 rings (SSSR count). The third-order valence-electron chi connectivity index (χ3n) is 7.91.